The fourth-order valence-corrected chi connectivity index (χ4v) is 2.66. The zero-order chi connectivity index (χ0) is 14.1. The van der Waals surface area contributed by atoms with Gasteiger partial charge in [0.1, 0.15) is 5.75 Å². The van der Waals surface area contributed by atoms with E-state index in [9.17, 15) is 9.90 Å². The predicted molar refractivity (Wildman–Crippen MR) is 77.4 cm³/mol. The number of carboxylic acid groups (broad SMARTS) is 1. The van der Waals surface area contributed by atoms with Crippen LogP contribution in [-0.4, -0.2) is 47.4 Å². The van der Waals surface area contributed by atoms with Gasteiger partial charge in [-0.25, -0.2) is 4.79 Å². The number of amides is 1. The molecule has 0 spiro atoms. The van der Waals surface area contributed by atoms with Gasteiger partial charge in [0.2, 0.25) is 0 Å². The molecule has 2 N–H and O–H groups in total. The SMILES string of the molecule is O=C(O)N1CCN(c2cccc3ccc(O)cc23)CC1. The first kappa shape index (κ1) is 12.6. The summed E-state index contributed by atoms with van der Waals surface area (Å²) < 4.78 is 0. The first-order chi connectivity index (χ1) is 9.65. The number of nitrogens with zero attached hydrogens (tertiary/aromatic N) is 2. The summed E-state index contributed by atoms with van der Waals surface area (Å²) in [5.74, 6) is 0.245. The number of hydrogen-bond acceptors (Lipinski definition) is 3. The Balaban J connectivity index is 1.91. The van der Waals surface area contributed by atoms with E-state index in [1.165, 1.54) is 4.90 Å². The van der Waals surface area contributed by atoms with Gasteiger partial charge in [0.15, 0.2) is 0 Å². The minimum Gasteiger partial charge on any atom is -0.508 e. The molecule has 1 fully saturated rings. The highest BCUT2D eigenvalue weighted by molar-refractivity contribution is 5.95. The minimum absolute atomic E-state index is 0.245. The summed E-state index contributed by atoms with van der Waals surface area (Å²) in [5, 5.41) is 20.7. The molecule has 5 nitrogen and oxygen atoms in total. The number of phenolic OH excluding ortho intramolecular Hbond substituents is 1. The first-order valence-electron chi connectivity index (χ1n) is 6.60. The van der Waals surface area contributed by atoms with E-state index in [1.54, 1.807) is 12.1 Å². The number of aromatic hydroxyl groups is 1. The summed E-state index contributed by atoms with van der Waals surface area (Å²) in [7, 11) is 0. The second kappa shape index (κ2) is 4.92. The molecule has 0 bridgehead atoms. The molecule has 0 aliphatic carbocycles. The van der Waals surface area contributed by atoms with Crippen LogP contribution in [-0.2, 0) is 0 Å². The highest BCUT2D eigenvalue weighted by atomic mass is 16.4. The van der Waals surface area contributed by atoms with Crippen molar-refractivity contribution in [3.63, 3.8) is 0 Å². The average Bonchev–Trinajstić information content (AvgIpc) is 2.46. The van der Waals surface area contributed by atoms with Crippen molar-refractivity contribution in [1.82, 2.24) is 4.90 Å². The van der Waals surface area contributed by atoms with E-state index in [0.29, 0.717) is 26.2 Å². The third-order valence-electron chi connectivity index (χ3n) is 3.73. The van der Waals surface area contributed by atoms with Crippen LogP contribution < -0.4 is 4.90 Å². The summed E-state index contributed by atoms with van der Waals surface area (Å²) in [6, 6.07) is 11.3. The van der Waals surface area contributed by atoms with Gasteiger partial charge in [-0.05, 0) is 23.6 Å². The predicted octanol–water partition coefficient (Wildman–Crippen LogP) is 2.35. The van der Waals surface area contributed by atoms with E-state index in [1.807, 2.05) is 24.3 Å². The van der Waals surface area contributed by atoms with Crippen molar-refractivity contribution in [2.75, 3.05) is 31.1 Å². The molecule has 2 aromatic carbocycles. The van der Waals surface area contributed by atoms with Gasteiger partial charge >= 0.3 is 6.09 Å². The van der Waals surface area contributed by atoms with Gasteiger partial charge in [-0.15, -0.1) is 0 Å². The van der Waals surface area contributed by atoms with Crippen molar-refractivity contribution in [2.24, 2.45) is 0 Å². The van der Waals surface area contributed by atoms with Gasteiger partial charge in [-0.2, -0.15) is 0 Å². The molecule has 2 aromatic rings. The van der Waals surface area contributed by atoms with Gasteiger partial charge in [-0.1, -0.05) is 18.2 Å². The smallest absolute Gasteiger partial charge is 0.407 e. The maximum absolute atomic E-state index is 10.9. The van der Waals surface area contributed by atoms with E-state index >= 15 is 0 Å². The van der Waals surface area contributed by atoms with Crippen molar-refractivity contribution in [3.05, 3.63) is 36.4 Å². The zero-order valence-corrected chi connectivity index (χ0v) is 11.0. The van der Waals surface area contributed by atoms with E-state index in [0.717, 1.165) is 16.5 Å². The Bertz CT molecular complexity index is 649. The molecule has 1 heterocycles. The third-order valence-corrected chi connectivity index (χ3v) is 3.73. The molecule has 3 rings (SSSR count). The Morgan fingerprint density at radius 1 is 1.05 bits per heavy atom. The molecule has 104 valence electrons. The lowest BCUT2D eigenvalue weighted by atomic mass is 10.1. The number of piperazine rings is 1. The third kappa shape index (κ3) is 2.22. The van der Waals surface area contributed by atoms with Gasteiger partial charge in [0.25, 0.3) is 0 Å². The molecule has 0 atom stereocenters. The summed E-state index contributed by atoms with van der Waals surface area (Å²) in [6.07, 6.45) is -0.861. The molecular formula is C15H16N2O3. The quantitative estimate of drug-likeness (QED) is 0.836. The van der Waals surface area contributed by atoms with Gasteiger partial charge < -0.3 is 20.0 Å². The molecule has 1 amide bonds. The van der Waals surface area contributed by atoms with Crippen LogP contribution in [0.2, 0.25) is 0 Å². The average molecular weight is 272 g/mol. The Hall–Kier alpha value is -2.43. The van der Waals surface area contributed by atoms with Crippen LogP contribution in [0.25, 0.3) is 10.8 Å². The highest BCUT2D eigenvalue weighted by Crippen LogP contribution is 2.30. The largest absolute Gasteiger partial charge is 0.508 e. The topological polar surface area (TPSA) is 64.0 Å². The maximum atomic E-state index is 10.9. The van der Waals surface area contributed by atoms with Crippen LogP contribution in [0.1, 0.15) is 0 Å². The number of rotatable bonds is 1. The summed E-state index contributed by atoms with van der Waals surface area (Å²) in [6.45, 7) is 2.34. The van der Waals surface area contributed by atoms with Crippen molar-refractivity contribution in [1.29, 1.82) is 0 Å². The molecule has 5 heteroatoms. The Morgan fingerprint density at radius 3 is 2.50 bits per heavy atom. The Morgan fingerprint density at radius 2 is 1.80 bits per heavy atom. The fraction of sp³-hybridized carbons (Fsp3) is 0.267. The first-order valence-corrected chi connectivity index (χ1v) is 6.60. The lowest BCUT2D eigenvalue weighted by molar-refractivity contribution is 0.142. The maximum Gasteiger partial charge on any atom is 0.407 e. The van der Waals surface area contributed by atoms with Crippen molar-refractivity contribution < 1.29 is 15.0 Å². The monoisotopic (exact) mass is 272 g/mol. The lowest BCUT2D eigenvalue weighted by Crippen LogP contribution is -2.48. The Kier molecular flexibility index (Phi) is 3.10. The Labute approximate surface area is 116 Å². The molecule has 1 aliphatic rings. The number of fused-ring (bicyclic) bond motifs is 1. The van der Waals surface area contributed by atoms with Crippen LogP contribution >= 0.6 is 0 Å². The zero-order valence-electron chi connectivity index (χ0n) is 11.0. The number of carbonyl (C=O) groups is 1. The van der Waals surface area contributed by atoms with Gasteiger partial charge in [-0.3, -0.25) is 0 Å². The summed E-state index contributed by atoms with van der Waals surface area (Å²) >= 11 is 0. The highest BCUT2D eigenvalue weighted by Gasteiger charge is 2.21. The van der Waals surface area contributed by atoms with Crippen molar-refractivity contribution in [3.8, 4) is 5.75 Å². The van der Waals surface area contributed by atoms with Crippen LogP contribution in [0.5, 0.6) is 5.75 Å². The van der Waals surface area contributed by atoms with Gasteiger partial charge in [0.05, 0.1) is 0 Å². The van der Waals surface area contributed by atoms with Crippen molar-refractivity contribution in [2.45, 2.75) is 0 Å². The lowest BCUT2D eigenvalue weighted by Gasteiger charge is -2.35. The van der Waals surface area contributed by atoms with Gasteiger partial charge in [0, 0.05) is 37.3 Å². The second-order valence-electron chi connectivity index (χ2n) is 4.94. The van der Waals surface area contributed by atoms with Crippen LogP contribution in [0.15, 0.2) is 36.4 Å². The molecular weight excluding hydrogens is 256 g/mol. The molecule has 20 heavy (non-hydrogen) atoms. The van der Waals surface area contributed by atoms with E-state index in [4.69, 9.17) is 5.11 Å². The fourth-order valence-electron chi connectivity index (χ4n) is 2.66. The molecule has 1 aliphatic heterocycles. The second-order valence-corrected chi connectivity index (χ2v) is 4.94. The summed E-state index contributed by atoms with van der Waals surface area (Å²) in [4.78, 5) is 14.5. The van der Waals surface area contributed by atoms with E-state index in [-0.39, 0.29) is 5.75 Å². The molecule has 0 aromatic heterocycles. The molecule has 0 unspecified atom stereocenters. The molecule has 0 saturated carbocycles. The number of benzene rings is 2. The summed E-state index contributed by atoms with van der Waals surface area (Å²) in [5.41, 5.74) is 1.04. The molecule has 0 radical (unpaired) electrons. The normalized spacial score (nSPS) is 15.6. The van der Waals surface area contributed by atoms with Crippen molar-refractivity contribution >= 4 is 22.6 Å². The number of anilines is 1. The van der Waals surface area contributed by atoms with E-state index < -0.39 is 6.09 Å². The van der Waals surface area contributed by atoms with Crippen LogP contribution in [0.4, 0.5) is 10.5 Å². The van der Waals surface area contributed by atoms with Crippen LogP contribution in [0.3, 0.4) is 0 Å². The minimum atomic E-state index is -0.861. The van der Waals surface area contributed by atoms with E-state index in [2.05, 4.69) is 4.90 Å². The standard InChI is InChI=1S/C15H16N2O3/c18-12-5-4-11-2-1-3-14(13(11)10-12)16-6-8-17(9-7-16)15(19)20/h1-5,10,18H,6-9H2,(H,19,20). The number of phenols is 1. The molecule has 1 saturated heterocycles. The van der Waals surface area contributed by atoms with Crippen LogP contribution in [0, 0.1) is 0 Å². The number of hydrogen-bond donors (Lipinski definition) is 2.